The lowest BCUT2D eigenvalue weighted by molar-refractivity contribution is -0.274. The van der Waals surface area contributed by atoms with E-state index in [9.17, 15) is 18.0 Å². The van der Waals surface area contributed by atoms with E-state index in [0.29, 0.717) is 10.9 Å². The molecule has 0 atom stereocenters. The molecule has 7 heteroatoms. The number of ether oxygens (including phenoxy) is 1. The number of fused-ring (bicyclic) bond motifs is 1. The Bertz CT molecular complexity index is 611. The molecule has 1 aromatic heterocycles. The van der Waals surface area contributed by atoms with Crippen molar-refractivity contribution in [3.63, 3.8) is 0 Å². The van der Waals surface area contributed by atoms with Gasteiger partial charge in [-0.1, -0.05) is 6.07 Å². The van der Waals surface area contributed by atoms with Gasteiger partial charge in [0, 0.05) is 5.39 Å². The Morgan fingerprint density at radius 3 is 2.56 bits per heavy atom. The second-order valence-electron chi connectivity index (χ2n) is 3.46. The van der Waals surface area contributed by atoms with E-state index in [1.54, 1.807) is 0 Å². The maximum absolute atomic E-state index is 12.0. The molecule has 0 aliphatic heterocycles. The molecular weight excluding hydrogens is 249 g/mol. The van der Waals surface area contributed by atoms with Gasteiger partial charge in [-0.3, -0.25) is 4.79 Å². The number of halogens is 3. The molecule has 0 saturated carbocycles. The lowest BCUT2D eigenvalue weighted by Crippen LogP contribution is -2.17. The quantitative estimate of drug-likeness (QED) is 0.896. The molecule has 0 bridgehead atoms. The maximum atomic E-state index is 12.0. The molecule has 0 radical (unpaired) electrons. The van der Waals surface area contributed by atoms with Crippen LogP contribution in [0.1, 0.15) is 10.5 Å². The number of aromatic nitrogens is 1. The molecule has 0 unspecified atom stereocenters. The predicted octanol–water partition coefficient (Wildman–Crippen LogP) is 2.23. The van der Waals surface area contributed by atoms with Crippen LogP contribution in [0, 0.1) is 0 Å². The van der Waals surface area contributed by atoms with Crippen molar-refractivity contribution in [2.24, 2.45) is 5.73 Å². The van der Waals surface area contributed by atoms with Crippen molar-refractivity contribution >= 4 is 16.8 Å². The average Bonchev–Trinajstić information content (AvgIpc) is 2.26. The van der Waals surface area contributed by atoms with Crippen molar-refractivity contribution in [3.8, 4) is 5.75 Å². The number of nitrogens with zero attached hydrogens (tertiary/aromatic N) is 1. The Balaban J connectivity index is 2.41. The Morgan fingerprint density at radius 1 is 1.22 bits per heavy atom. The topological polar surface area (TPSA) is 65.2 Å². The summed E-state index contributed by atoms with van der Waals surface area (Å²) in [6.07, 6.45) is -4.74. The number of hydrogen-bond donors (Lipinski definition) is 1. The summed E-state index contributed by atoms with van der Waals surface area (Å²) >= 11 is 0. The van der Waals surface area contributed by atoms with Crippen LogP contribution in [-0.2, 0) is 0 Å². The first-order valence-corrected chi connectivity index (χ1v) is 4.81. The Labute approximate surface area is 99.2 Å². The van der Waals surface area contributed by atoms with Gasteiger partial charge in [-0.25, -0.2) is 4.98 Å². The SMILES string of the molecule is NC(=O)c1ccc2cc(OC(F)(F)F)ccc2n1. The smallest absolute Gasteiger partial charge is 0.406 e. The van der Waals surface area contributed by atoms with Crippen molar-refractivity contribution in [2.45, 2.75) is 6.36 Å². The van der Waals surface area contributed by atoms with E-state index in [-0.39, 0.29) is 11.4 Å². The van der Waals surface area contributed by atoms with Crippen LogP contribution in [0.4, 0.5) is 13.2 Å². The zero-order valence-corrected chi connectivity index (χ0v) is 8.86. The molecule has 0 aliphatic rings. The predicted molar refractivity (Wildman–Crippen MR) is 56.9 cm³/mol. The highest BCUT2D eigenvalue weighted by Gasteiger charge is 2.31. The molecule has 1 heterocycles. The summed E-state index contributed by atoms with van der Waals surface area (Å²) in [4.78, 5) is 14.8. The fourth-order valence-electron chi connectivity index (χ4n) is 1.44. The average molecular weight is 256 g/mol. The van der Waals surface area contributed by atoms with Crippen LogP contribution in [0.5, 0.6) is 5.75 Å². The van der Waals surface area contributed by atoms with Gasteiger partial charge in [-0.05, 0) is 24.3 Å². The standard InChI is InChI=1S/C11H7F3N2O2/c12-11(13,14)18-7-2-4-8-6(5-7)1-3-9(16-8)10(15)17/h1-5H,(H2,15,17). The molecule has 18 heavy (non-hydrogen) atoms. The minimum Gasteiger partial charge on any atom is -0.406 e. The first kappa shape index (κ1) is 12.2. The van der Waals surface area contributed by atoms with E-state index in [1.807, 2.05) is 0 Å². The highest BCUT2D eigenvalue weighted by Crippen LogP contribution is 2.25. The summed E-state index contributed by atoms with van der Waals surface area (Å²) in [5.74, 6) is -1.05. The van der Waals surface area contributed by atoms with Crippen molar-refractivity contribution in [1.82, 2.24) is 4.98 Å². The first-order chi connectivity index (χ1) is 8.35. The third-order valence-corrected chi connectivity index (χ3v) is 2.15. The molecular formula is C11H7F3N2O2. The summed E-state index contributed by atoms with van der Waals surface area (Å²) in [5.41, 5.74) is 5.45. The van der Waals surface area contributed by atoms with Crippen LogP contribution >= 0.6 is 0 Å². The Hall–Kier alpha value is -2.31. The van der Waals surface area contributed by atoms with Gasteiger partial charge in [-0.2, -0.15) is 0 Å². The van der Waals surface area contributed by atoms with Gasteiger partial charge in [0.05, 0.1) is 5.52 Å². The number of primary amides is 1. The summed E-state index contributed by atoms with van der Waals surface area (Å²) < 4.78 is 39.8. The second kappa shape index (κ2) is 4.17. The summed E-state index contributed by atoms with van der Waals surface area (Å²) in [5, 5.41) is 0.418. The van der Waals surface area contributed by atoms with Crippen molar-refractivity contribution in [1.29, 1.82) is 0 Å². The highest BCUT2D eigenvalue weighted by atomic mass is 19.4. The monoisotopic (exact) mass is 256 g/mol. The third-order valence-electron chi connectivity index (χ3n) is 2.15. The first-order valence-electron chi connectivity index (χ1n) is 4.81. The third kappa shape index (κ3) is 2.68. The summed E-state index contributed by atoms with van der Waals surface area (Å²) in [6, 6.07) is 6.41. The van der Waals surface area contributed by atoms with Gasteiger partial charge < -0.3 is 10.5 Å². The van der Waals surface area contributed by atoms with Gasteiger partial charge in [-0.15, -0.1) is 13.2 Å². The fraction of sp³-hybridized carbons (Fsp3) is 0.0909. The van der Waals surface area contributed by atoms with Gasteiger partial charge in [0.25, 0.3) is 5.91 Å². The van der Waals surface area contributed by atoms with E-state index in [2.05, 4.69) is 9.72 Å². The van der Waals surface area contributed by atoms with Gasteiger partial charge in [0.1, 0.15) is 11.4 Å². The van der Waals surface area contributed by atoms with Gasteiger partial charge in [0.15, 0.2) is 0 Å². The Kier molecular flexibility index (Phi) is 2.82. The van der Waals surface area contributed by atoms with Crippen LogP contribution in [0.3, 0.4) is 0 Å². The fourth-order valence-corrected chi connectivity index (χ4v) is 1.44. The largest absolute Gasteiger partial charge is 0.573 e. The molecule has 0 aliphatic carbocycles. The van der Waals surface area contributed by atoms with E-state index in [1.165, 1.54) is 24.3 Å². The van der Waals surface area contributed by atoms with Crippen LogP contribution < -0.4 is 10.5 Å². The molecule has 0 saturated heterocycles. The number of alkyl halides is 3. The van der Waals surface area contributed by atoms with Gasteiger partial charge in [0.2, 0.25) is 0 Å². The minimum atomic E-state index is -4.74. The zero-order chi connectivity index (χ0) is 13.3. The summed E-state index contributed by atoms with van der Waals surface area (Å²) in [6.45, 7) is 0. The second-order valence-corrected chi connectivity index (χ2v) is 3.46. The maximum Gasteiger partial charge on any atom is 0.573 e. The molecule has 4 nitrogen and oxygen atoms in total. The number of amides is 1. The van der Waals surface area contributed by atoms with Crippen LogP contribution in [0.15, 0.2) is 30.3 Å². The molecule has 2 rings (SSSR count). The molecule has 1 aromatic carbocycles. The lowest BCUT2D eigenvalue weighted by atomic mass is 10.2. The number of hydrogen-bond acceptors (Lipinski definition) is 3. The lowest BCUT2D eigenvalue weighted by Gasteiger charge is -2.09. The molecule has 1 amide bonds. The number of benzene rings is 1. The normalized spacial score (nSPS) is 11.5. The minimum absolute atomic E-state index is 0.0481. The number of pyridine rings is 1. The van der Waals surface area contributed by atoms with Crippen LogP contribution in [0.25, 0.3) is 10.9 Å². The van der Waals surface area contributed by atoms with Crippen LogP contribution in [-0.4, -0.2) is 17.3 Å². The molecule has 0 spiro atoms. The number of nitrogens with two attached hydrogens (primary N) is 1. The highest BCUT2D eigenvalue weighted by molar-refractivity contribution is 5.93. The van der Waals surface area contributed by atoms with E-state index >= 15 is 0 Å². The molecule has 94 valence electrons. The zero-order valence-electron chi connectivity index (χ0n) is 8.86. The number of carbonyl (C=O) groups is 1. The molecule has 2 N–H and O–H groups in total. The van der Waals surface area contributed by atoms with Crippen LogP contribution in [0.2, 0.25) is 0 Å². The number of rotatable bonds is 2. The Morgan fingerprint density at radius 2 is 1.94 bits per heavy atom. The van der Waals surface area contributed by atoms with Crippen molar-refractivity contribution in [2.75, 3.05) is 0 Å². The van der Waals surface area contributed by atoms with Crippen molar-refractivity contribution < 1.29 is 22.7 Å². The van der Waals surface area contributed by atoms with E-state index < -0.39 is 12.3 Å². The van der Waals surface area contributed by atoms with E-state index in [4.69, 9.17) is 5.73 Å². The van der Waals surface area contributed by atoms with Gasteiger partial charge >= 0.3 is 6.36 Å². The van der Waals surface area contributed by atoms with E-state index in [0.717, 1.165) is 6.07 Å². The number of carbonyl (C=O) groups excluding carboxylic acids is 1. The summed E-state index contributed by atoms with van der Waals surface area (Å²) in [7, 11) is 0. The molecule has 0 fully saturated rings. The molecule has 2 aromatic rings. The van der Waals surface area contributed by atoms with Crippen molar-refractivity contribution in [3.05, 3.63) is 36.0 Å².